The van der Waals surface area contributed by atoms with Crippen molar-refractivity contribution in [3.63, 3.8) is 0 Å². The first-order chi connectivity index (χ1) is 6.34. The highest BCUT2D eigenvalue weighted by atomic mass is 16.5. The summed E-state index contributed by atoms with van der Waals surface area (Å²) >= 11 is 0. The predicted octanol–water partition coefficient (Wildman–Crippen LogP) is 0.365. The average molecular weight is 181 g/mol. The Morgan fingerprint density at radius 2 is 2.54 bits per heavy atom. The number of carbonyl (C=O) groups excluding carboxylic acids is 1. The molecule has 5 heteroatoms. The van der Waals surface area contributed by atoms with Crippen LogP contribution < -0.4 is 10.6 Å². The Morgan fingerprint density at radius 1 is 1.69 bits per heavy atom. The van der Waals surface area contributed by atoms with Gasteiger partial charge in [0.05, 0.1) is 12.7 Å². The lowest BCUT2D eigenvalue weighted by atomic mass is 10.5. The molecular weight excluding hydrogens is 170 g/mol. The third-order valence-corrected chi connectivity index (χ3v) is 1.84. The average Bonchev–Trinajstić information content (AvgIpc) is 2.82. The molecule has 0 bridgehead atoms. The highest BCUT2D eigenvalue weighted by Crippen LogP contribution is 2.18. The molecule has 0 atom stereocenters. The SMILES string of the molecule is O=C(CNC1CC1)Nc1cnoc1. The highest BCUT2D eigenvalue weighted by molar-refractivity contribution is 5.91. The minimum Gasteiger partial charge on any atom is -0.363 e. The van der Waals surface area contributed by atoms with Gasteiger partial charge in [-0.3, -0.25) is 4.79 Å². The smallest absolute Gasteiger partial charge is 0.238 e. The molecule has 1 fully saturated rings. The van der Waals surface area contributed by atoms with Crippen LogP contribution in [0.5, 0.6) is 0 Å². The summed E-state index contributed by atoms with van der Waals surface area (Å²) in [6, 6.07) is 0.549. The number of nitrogens with one attached hydrogen (secondary N) is 2. The Balaban J connectivity index is 1.71. The number of amides is 1. The standard InChI is InChI=1S/C8H11N3O2/c12-8(4-9-6-1-2-6)11-7-3-10-13-5-7/h3,5-6,9H,1-2,4H2,(H,11,12). The van der Waals surface area contributed by atoms with E-state index in [1.807, 2.05) is 0 Å². The summed E-state index contributed by atoms with van der Waals surface area (Å²) < 4.78 is 4.57. The van der Waals surface area contributed by atoms with Crippen molar-refractivity contribution in [2.45, 2.75) is 18.9 Å². The lowest BCUT2D eigenvalue weighted by molar-refractivity contribution is -0.115. The minimum absolute atomic E-state index is 0.0601. The summed E-state index contributed by atoms with van der Waals surface area (Å²) in [5.41, 5.74) is 0.600. The zero-order valence-corrected chi connectivity index (χ0v) is 7.12. The second kappa shape index (κ2) is 3.57. The molecule has 0 aliphatic heterocycles. The van der Waals surface area contributed by atoms with Gasteiger partial charge in [0.1, 0.15) is 12.0 Å². The number of anilines is 1. The van der Waals surface area contributed by atoms with Gasteiger partial charge in [0.25, 0.3) is 0 Å². The molecule has 70 valence electrons. The van der Waals surface area contributed by atoms with Crippen LogP contribution >= 0.6 is 0 Å². The summed E-state index contributed by atoms with van der Waals surface area (Å²) in [5, 5.41) is 9.23. The van der Waals surface area contributed by atoms with E-state index in [9.17, 15) is 4.79 Å². The van der Waals surface area contributed by atoms with Gasteiger partial charge in [-0.05, 0) is 12.8 Å². The normalized spacial score (nSPS) is 15.7. The maximum Gasteiger partial charge on any atom is 0.238 e. The van der Waals surface area contributed by atoms with Crippen LogP contribution in [-0.4, -0.2) is 23.7 Å². The second-order valence-electron chi connectivity index (χ2n) is 3.12. The molecule has 0 saturated heterocycles. The monoisotopic (exact) mass is 181 g/mol. The number of hydrogen-bond donors (Lipinski definition) is 2. The zero-order valence-electron chi connectivity index (χ0n) is 7.12. The summed E-state index contributed by atoms with van der Waals surface area (Å²) in [5.74, 6) is -0.0601. The van der Waals surface area contributed by atoms with E-state index in [2.05, 4.69) is 20.3 Å². The van der Waals surface area contributed by atoms with Gasteiger partial charge in [-0.2, -0.15) is 0 Å². The lowest BCUT2D eigenvalue weighted by Crippen LogP contribution is -2.29. The quantitative estimate of drug-likeness (QED) is 0.704. The molecule has 1 aromatic rings. The van der Waals surface area contributed by atoms with Crippen molar-refractivity contribution in [3.8, 4) is 0 Å². The number of aromatic nitrogens is 1. The molecule has 2 rings (SSSR count). The Bertz CT molecular complexity index is 280. The van der Waals surface area contributed by atoms with E-state index < -0.39 is 0 Å². The molecular formula is C8H11N3O2. The predicted molar refractivity (Wildman–Crippen MR) is 46.2 cm³/mol. The summed E-state index contributed by atoms with van der Waals surface area (Å²) in [6.07, 6.45) is 5.23. The molecule has 0 unspecified atom stereocenters. The summed E-state index contributed by atoms with van der Waals surface area (Å²) in [6.45, 7) is 0.357. The fourth-order valence-electron chi connectivity index (χ4n) is 0.996. The summed E-state index contributed by atoms with van der Waals surface area (Å²) in [7, 11) is 0. The Morgan fingerprint density at radius 3 is 3.15 bits per heavy atom. The van der Waals surface area contributed by atoms with Gasteiger partial charge >= 0.3 is 0 Å². The molecule has 1 aliphatic carbocycles. The van der Waals surface area contributed by atoms with Gasteiger partial charge < -0.3 is 15.2 Å². The van der Waals surface area contributed by atoms with Gasteiger partial charge in [-0.1, -0.05) is 5.16 Å². The van der Waals surface area contributed by atoms with E-state index in [-0.39, 0.29) is 5.91 Å². The number of hydrogen-bond acceptors (Lipinski definition) is 4. The molecule has 1 aromatic heterocycles. The number of rotatable bonds is 4. The van der Waals surface area contributed by atoms with Crippen LogP contribution in [0.4, 0.5) is 5.69 Å². The van der Waals surface area contributed by atoms with E-state index in [1.54, 1.807) is 0 Å². The van der Waals surface area contributed by atoms with E-state index in [0.717, 1.165) is 0 Å². The third kappa shape index (κ3) is 2.55. The Labute approximate surface area is 75.5 Å². The Hall–Kier alpha value is -1.36. The fraction of sp³-hybridized carbons (Fsp3) is 0.500. The van der Waals surface area contributed by atoms with Crippen LogP contribution in [0.25, 0.3) is 0 Å². The van der Waals surface area contributed by atoms with Crippen molar-refractivity contribution < 1.29 is 9.32 Å². The first kappa shape index (κ1) is 8.25. The minimum atomic E-state index is -0.0601. The fourth-order valence-corrected chi connectivity index (χ4v) is 0.996. The topological polar surface area (TPSA) is 67.2 Å². The van der Waals surface area contributed by atoms with E-state index in [1.165, 1.54) is 25.3 Å². The van der Waals surface area contributed by atoms with E-state index in [0.29, 0.717) is 18.3 Å². The van der Waals surface area contributed by atoms with Gasteiger partial charge in [0, 0.05) is 6.04 Å². The maximum absolute atomic E-state index is 11.2. The lowest BCUT2D eigenvalue weighted by Gasteiger charge is -2.01. The van der Waals surface area contributed by atoms with Crippen molar-refractivity contribution in [1.29, 1.82) is 0 Å². The number of nitrogens with zero attached hydrogens (tertiary/aromatic N) is 1. The van der Waals surface area contributed by atoms with Crippen LogP contribution in [0.2, 0.25) is 0 Å². The molecule has 13 heavy (non-hydrogen) atoms. The van der Waals surface area contributed by atoms with E-state index >= 15 is 0 Å². The van der Waals surface area contributed by atoms with Crippen LogP contribution in [-0.2, 0) is 4.79 Å². The van der Waals surface area contributed by atoms with Crippen LogP contribution in [0.15, 0.2) is 17.0 Å². The Kier molecular flexibility index (Phi) is 2.27. The molecule has 0 spiro atoms. The molecule has 0 radical (unpaired) electrons. The van der Waals surface area contributed by atoms with Crippen molar-refractivity contribution in [2.24, 2.45) is 0 Å². The van der Waals surface area contributed by atoms with Crippen molar-refractivity contribution in [1.82, 2.24) is 10.5 Å². The zero-order chi connectivity index (χ0) is 9.10. The van der Waals surface area contributed by atoms with Crippen molar-refractivity contribution in [2.75, 3.05) is 11.9 Å². The molecule has 2 N–H and O–H groups in total. The summed E-state index contributed by atoms with van der Waals surface area (Å²) in [4.78, 5) is 11.2. The van der Waals surface area contributed by atoms with Gasteiger partial charge in [-0.15, -0.1) is 0 Å². The second-order valence-corrected chi connectivity index (χ2v) is 3.12. The van der Waals surface area contributed by atoms with Gasteiger partial charge in [-0.25, -0.2) is 0 Å². The first-order valence-electron chi connectivity index (χ1n) is 4.27. The third-order valence-electron chi connectivity index (χ3n) is 1.84. The van der Waals surface area contributed by atoms with Crippen LogP contribution in [0.1, 0.15) is 12.8 Å². The largest absolute Gasteiger partial charge is 0.363 e. The molecule has 1 amide bonds. The van der Waals surface area contributed by atoms with Crippen LogP contribution in [0.3, 0.4) is 0 Å². The highest BCUT2D eigenvalue weighted by Gasteiger charge is 2.21. The molecule has 1 aliphatic rings. The molecule has 1 saturated carbocycles. The maximum atomic E-state index is 11.2. The molecule has 5 nitrogen and oxygen atoms in total. The van der Waals surface area contributed by atoms with Gasteiger partial charge in [0.2, 0.25) is 5.91 Å². The van der Waals surface area contributed by atoms with Gasteiger partial charge in [0.15, 0.2) is 0 Å². The van der Waals surface area contributed by atoms with Crippen molar-refractivity contribution in [3.05, 3.63) is 12.5 Å². The van der Waals surface area contributed by atoms with E-state index in [4.69, 9.17) is 0 Å². The molecule has 0 aromatic carbocycles. The molecule has 1 heterocycles. The van der Waals surface area contributed by atoms with Crippen molar-refractivity contribution >= 4 is 11.6 Å². The number of carbonyl (C=O) groups is 1. The first-order valence-corrected chi connectivity index (χ1v) is 4.27. The van der Waals surface area contributed by atoms with Crippen LogP contribution in [0, 0.1) is 0 Å².